The van der Waals surface area contributed by atoms with E-state index in [4.69, 9.17) is 18.9 Å². The van der Waals surface area contributed by atoms with E-state index in [1.54, 1.807) is 0 Å². The van der Waals surface area contributed by atoms with Gasteiger partial charge in [-0.25, -0.2) is 0 Å². The molecule has 1 aliphatic rings. The van der Waals surface area contributed by atoms with Gasteiger partial charge in [0.2, 0.25) is 0 Å². The van der Waals surface area contributed by atoms with Crippen LogP contribution in [0.3, 0.4) is 0 Å². The molecule has 1 unspecified atom stereocenters. The Morgan fingerprint density at radius 2 is 1.84 bits per heavy atom. The van der Waals surface area contributed by atoms with Crippen molar-refractivity contribution in [2.24, 2.45) is 0 Å². The first kappa shape index (κ1) is 14.3. The summed E-state index contributed by atoms with van der Waals surface area (Å²) < 4.78 is 22.0. The number of benzene rings is 1. The molecule has 1 aromatic carbocycles. The van der Waals surface area contributed by atoms with E-state index in [0.29, 0.717) is 26.4 Å². The third-order valence-electron chi connectivity index (χ3n) is 2.91. The summed E-state index contributed by atoms with van der Waals surface area (Å²) >= 11 is 0. The summed E-state index contributed by atoms with van der Waals surface area (Å²) in [4.78, 5) is 0. The standard InChI is InChI=1S/C15H22O4/c1-2-6-14(7-3-1)17-12-10-16-11-13-19-15-8-4-5-9-18-15/h1-3,6-7,15H,4-5,8-13H2. The molecule has 1 aliphatic heterocycles. The maximum absolute atomic E-state index is 5.56. The maximum atomic E-state index is 5.56. The Labute approximate surface area is 114 Å². The lowest BCUT2D eigenvalue weighted by Gasteiger charge is -2.22. The third-order valence-corrected chi connectivity index (χ3v) is 2.91. The van der Waals surface area contributed by atoms with E-state index in [0.717, 1.165) is 25.2 Å². The van der Waals surface area contributed by atoms with Gasteiger partial charge in [-0.15, -0.1) is 0 Å². The molecule has 0 aromatic heterocycles. The fourth-order valence-corrected chi connectivity index (χ4v) is 1.92. The average molecular weight is 266 g/mol. The molecule has 1 aromatic rings. The van der Waals surface area contributed by atoms with Gasteiger partial charge >= 0.3 is 0 Å². The lowest BCUT2D eigenvalue weighted by Crippen LogP contribution is -2.24. The zero-order valence-corrected chi connectivity index (χ0v) is 11.3. The van der Waals surface area contributed by atoms with Gasteiger partial charge in [0.15, 0.2) is 6.29 Å². The first-order valence-electron chi connectivity index (χ1n) is 6.94. The Hall–Kier alpha value is -1.10. The second kappa shape index (κ2) is 8.91. The first-order valence-corrected chi connectivity index (χ1v) is 6.94. The van der Waals surface area contributed by atoms with Gasteiger partial charge in [-0.05, 0) is 31.4 Å². The van der Waals surface area contributed by atoms with E-state index >= 15 is 0 Å². The summed E-state index contributed by atoms with van der Waals surface area (Å²) in [7, 11) is 0. The van der Waals surface area contributed by atoms with Crippen LogP contribution in [0.1, 0.15) is 19.3 Å². The van der Waals surface area contributed by atoms with Crippen LogP contribution in [0.15, 0.2) is 30.3 Å². The van der Waals surface area contributed by atoms with Crippen LogP contribution in [0.2, 0.25) is 0 Å². The molecule has 0 aliphatic carbocycles. The smallest absolute Gasteiger partial charge is 0.157 e. The van der Waals surface area contributed by atoms with Gasteiger partial charge in [0.1, 0.15) is 12.4 Å². The molecule has 0 radical (unpaired) electrons. The fourth-order valence-electron chi connectivity index (χ4n) is 1.92. The minimum absolute atomic E-state index is 0.0297. The zero-order valence-electron chi connectivity index (χ0n) is 11.3. The average Bonchev–Trinajstić information content (AvgIpc) is 2.48. The van der Waals surface area contributed by atoms with E-state index in [9.17, 15) is 0 Å². The monoisotopic (exact) mass is 266 g/mol. The highest BCUT2D eigenvalue weighted by molar-refractivity contribution is 5.20. The van der Waals surface area contributed by atoms with Crippen molar-refractivity contribution in [1.29, 1.82) is 0 Å². The highest BCUT2D eigenvalue weighted by atomic mass is 16.7. The molecule has 1 atom stereocenters. The Kier molecular flexibility index (Phi) is 6.71. The molecule has 1 saturated heterocycles. The number of para-hydroxylation sites is 1. The number of ether oxygens (including phenoxy) is 4. The number of hydrogen-bond donors (Lipinski definition) is 0. The highest BCUT2D eigenvalue weighted by Crippen LogP contribution is 2.13. The van der Waals surface area contributed by atoms with Gasteiger partial charge in [0.05, 0.1) is 19.8 Å². The van der Waals surface area contributed by atoms with Crippen molar-refractivity contribution in [1.82, 2.24) is 0 Å². The SMILES string of the molecule is c1ccc(OCCOCCOC2CCCCO2)cc1. The zero-order chi connectivity index (χ0) is 13.2. The number of rotatable bonds is 8. The second-order valence-corrected chi connectivity index (χ2v) is 4.44. The van der Waals surface area contributed by atoms with Gasteiger partial charge in [-0.3, -0.25) is 0 Å². The minimum Gasteiger partial charge on any atom is -0.491 e. The summed E-state index contributed by atoms with van der Waals surface area (Å²) in [6.07, 6.45) is 3.30. The first-order chi connectivity index (χ1) is 9.45. The van der Waals surface area contributed by atoms with Crippen LogP contribution in [-0.4, -0.2) is 39.3 Å². The van der Waals surface area contributed by atoms with Crippen LogP contribution < -0.4 is 4.74 Å². The molecule has 0 N–H and O–H groups in total. The summed E-state index contributed by atoms with van der Waals surface area (Å²) in [5.41, 5.74) is 0. The maximum Gasteiger partial charge on any atom is 0.157 e. The van der Waals surface area contributed by atoms with E-state index in [2.05, 4.69) is 0 Å². The summed E-state index contributed by atoms with van der Waals surface area (Å²) in [6, 6.07) is 9.74. The lowest BCUT2D eigenvalue weighted by molar-refractivity contribution is -0.169. The largest absolute Gasteiger partial charge is 0.491 e. The molecule has 106 valence electrons. The highest BCUT2D eigenvalue weighted by Gasteiger charge is 2.13. The molecule has 1 heterocycles. The van der Waals surface area contributed by atoms with Gasteiger partial charge in [-0.2, -0.15) is 0 Å². The van der Waals surface area contributed by atoms with E-state index in [1.807, 2.05) is 30.3 Å². The van der Waals surface area contributed by atoms with Crippen LogP contribution in [0.25, 0.3) is 0 Å². The van der Waals surface area contributed by atoms with Gasteiger partial charge in [0, 0.05) is 6.61 Å². The summed E-state index contributed by atoms with van der Waals surface area (Å²) in [6.45, 7) is 3.11. The van der Waals surface area contributed by atoms with E-state index < -0.39 is 0 Å². The van der Waals surface area contributed by atoms with Crippen molar-refractivity contribution >= 4 is 0 Å². The Morgan fingerprint density at radius 1 is 1.00 bits per heavy atom. The molecule has 0 amide bonds. The van der Waals surface area contributed by atoms with E-state index in [-0.39, 0.29) is 6.29 Å². The van der Waals surface area contributed by atoms with Crippen LogP contribution in [0, 0.1) is 0 Å². The van der Waals surface area contributed by atoms with Crippen molar-refractivity contribution in [2.75, 3.05) is 33.0 Å². The minimum atomic E-state index is -0.0297. The molecular formula is C15H22O4. The Morgan fingerprint density at radius 3 is 2.63 bits per heavy atom. The van der Waals surface area contributed by atoms with Gasteiger partial charge in [0.25, 0.3) is 0 Å². The quantitative estimate of drug-likeness (QED) is 0.678. The molecular weight excluding hydrogens is 244 g/mol. The summed E-state index contributed by atoms with van der Waals surface area (Å²) in [5.74, 6) is 0.873. The summed E-state index contributed by atoms with van der Waals surface area (Å²) in [5, 5.41) is 0. The molecule has 2 rings (SSSR count). The predicted molar refractivity (Wildman–Crippen MR) is 72.3 cm³/mol. The predicted octanol–water partition coefficient (Wildman–Crippen LogP) is 2.63. The Balaban J connectivity index is 1.42. The molecule has 4 nitrogen and oxygen atoms in total. The van der Waals surface area contributed by atoms with Crippen LogP contribution >= 0.6 is 0 Å². The van der Waals surface area contributed by atoms with Gasteiger partial charge in [-0.1, -0.05) is 18.2 Å². The Bertz CT molecular complexity index is 322. The normalized spacial score (nSPS) is 19.3. The lowest BCUT2D eigenvalue weighted by atomic mass is 10.2. The third kappa shape index (κ3) is 6.05. The topological polar surface area (TPSA) is 36.9 Å². The van der Waals surface area contributed by atoms with Crippen molar-refractivity contribution in [3.63, 3.8) is 0 Å². The van der Waals surface area contributed by atoms with Crippen molar-refractivity contribution in [2.45, 2.75) is 25.6 Å². The molecule has 1 fully saturated rings. The van der Waals surface area contributed by atoms with Crippen LogP contribution in [0.5, 0.6) is 5.75 Å². The van der Waals surface area contributed by atoms with Crippen molar-refractivity contribution in [3.05, 3.63) is 30.3 Å². The number of hydrogen-bond acceptors (Lipinski definition) is 4. The van der Waals surface area contributed by atoms with Crippen molar-refractivity contribution < 1.29 is 18.9 Å². The van der Waals surface area contributed by atoms with Gasteiger partial charge < -0.3 is 18.9 Å². The molecule has 0 saturated carbocycles. The van der Waals surface area contributed by atoms with Crippen LogP contribution in [-0.2, 0) is 14.2 Å². The molecule has 0 spiro atoms. The fraction of sp³-hybridized carbons (Fsp3) is 0.600. The van der Waals surface area contributed by atoms with E-state index in [1.165, 1.54) is 6.42 Å². The van der Waals surface area contributed by atoms with Crippen molar-refractivity contribution in [3.8, 4) is 5.75 Å². The molecule has 0 bridgehead atoms. The van der Waals surface area contributed by atoms with Crippen LogP contribution in [0.4, 0.5) is 0 Å². The molecule has 19 heavy (non-hydrogen) atoms. The second-order valence-electron chi connectivity index (χ2n) is 4.44. The molecule has 4 heteroatoms.